The van der Waals surface area contributed by atoms with Crippen molar-refractivity contribution in [2.45, 2.75) is 353 Å². The van der Waals surface area contributed by atoms with E-state index in [-0.39, 0.29) is 25.9 Å². The minimum absolute atomic E-state index is 0.0655. The maximum Gasteiger partial charge on any atom is 0.335 e. The van der Waals surface area contributed by atoms with Gasteiger partial charge in [-0.2, -0.15) is 0 Å². The number of hydrogen-bond donors (Lipinski definition) is 3. The number of carboxylic acid groups (broad SMARTS) is 1. The highest BCUT2D eigenvalue weighted by Crippen LogP contribution is 2.27. The fourth-order valence-electron chi connectivity index (χ4n) is 10.1. The second kappa shape index (κ2) is 55.5. The van der Waals surface area contributed by atoms with Crippen LogP contribution in [0.5, 0.6) is 0 Å². The first-order valence-electron chi connectivity index (χ1n) is 33.0. The van der Waals surface area contributed by atoms with Crippen LogP contribution >= 0.6 is 0 Å². The maximum atomic E-state index is 13.2. The molecular formula is C67H120O12. The highest BCUT2D eigenvalue weighted by molar-refractivity contribution is 5.74. The molecule has 1 rings (SSSR count). The van der Waals surface area contributed by atoms with Gasteiger partial charge in [0.15, 0.2) is 24.6 Å². The van der Waals surface area contributed by atoms with Crippen LogP contribution in [0.1, 0.15) is 316 Å². The molecule has 0 aromatic carbocycles. The Morgan fingerprint density at radius 1 is 0.418 bits per heavy atom. The first kappa shape index (κ1) is 74.0. The van der Waals surface area contributed by atoms with Crippen molar-refractivity contribution in [3.63, 3.8) is 0 Å². The average molecular weight is 1120 g/mol. The predicted octanol–water partition coefficient (Wildman–Crippen LogP) is 17.6. The van der Waals surface area contributed by atoms with Crippen LogP contribution in [-0.2, 0) is 42.9 Å². The molecule has 0 aromatic heterocycles. The van der Waals surface area contributed by atoms with Gasteiger partial charge < -0.3 is 39.0 Å². The van der Waals surface area contributed by atoms with Crippen LogP contribution in [0, 0.1) is 0 Å². The molecule has 1 saturated heterocycles. The van der Waals surface area contributed by atoms with Crippen molar-refractivity contribution in [1.82, 2.24) is 0 Å². The summed E-state index contributed by atoms with van der Waals surface area (Å²) in [4.78, 5) is 51.3. The molecule has 1 heterocycles. The minimum atomic E-state index is -1.90. The van der Waals surface area contributed by atoms with E-state index in [1.165, 1.54) is 167 Å². The quantitative estimate of drug-likeness (QED) is 0.0228. The number of hydrogen-bond acceptors (Lipinski definition) is 11. The second-order valence-corrected chi connectivity index (χ2v) is 22.8. The number of allylic oxidation sites excluding steroid dienone is 6. The van der Waals surface area contributed by atoms with Crippen molar-refractivity contribution < 1.29 is 58.2 Å². The first-order chi connectivity index (χ1) is 38.6. The van der Waals surface area contributed by atoms with Gasteiger partial charge in [-0.15, -0.1) is 0 Å². The molecule has 0 amide bonds. The summed E-state index contributed by atoms with van der Waals surface area (Å²) in [7, 11) is 0. The lowest BCUT2D eigenvalue weighted by molar-refractivity contribution is -0.301. The molecule has 6 atom stereocenters. The van der Waals surface area contributed by atoms with Crippen LogP contribution in [-0.4, -0.2) is 89.2 Å². The van der Waals surface area contributed by atoms with E-state index in [1.807, 2.05) is 0 Å². The highest BCUT2D eigenvalue weighted by atomic mass is 16.7. The molecule has 12 nitrogen and oxygen atoms in total. The molecule has 460 valence electrons. The fourth-order valence-corrected chi connectivity index (χ4v) is 10.1. The number of rotatable bonds is 57. The molecule has 0 saturated carbocycles. The van der Waals surface area contributed by atoms with Gasteiger partial charge in [0.25, 0.3) is 0 Å². The number of carbonyl (C=O) groups is 4. The van der Waals surface area contributed by atoms with Gasteiger partial charge in [-0.25, -0.2) is 4.79 Å². The third-order valence-electron chi connectivity index (χ3n) is 15.2. The van der Waals surface area contributed by atoms with Crippen molar-refractivity contribution in [2.75, 3.05) is 13.2 Å². The Balaban J connectivity index is 2.65. The van der Waals surface area contributed by atoms with Crippen molar-refractivity contribution in [2.24, 2.45) is 0 Å². The molecule has 3 N–H and O–H groups in total. The predicted molar refractivity (Wildman–Crippen MR) is 322 cm³/mol. The van der Waals surface area contributed by atoms with E-state index in [1.54, 1.807) is 0 Å². The summed E-state index contributed by atoms with van der Waals surface area (Å²) < 4.78 is 28.6. The summed E-state index contributed by atoms with van der Waals surface area (Å²) in [6.45, 7) is 6.01. The molecule has 0 radical (unpaired) electrons. The Labute approximate surface area is 482 Å². The molecule has 0 aliphatic carbocycles. The molecule has 79 heavy (non-hydrogen) atoms. The monoisotopic (exact) mass is 1120 g/mol. The number of aliphatic carboxylic acids is 1. The number of esters is 3. The van der Waals surface area contributed by atoms with Crippen molar-refractivity contribution in [3.8, 4) is 0 Å². The zero-order chi connectivity index (χ0) is 57.5. The Morgan fingerprint density at radius 3 is 1.18 bits per heavy atom. The summed E-state index contributed by atoms with van der Waals surface area (Å²) in [5.41, 5.74) is 0. The van der Waals surface area contributed by atoms with Crippen LogP contribution in [0.2, 0.25) is 0 Å². The van der Waals surface area contributed by atoms with Crippen molar-refractivity contribution in [1.29, 1.82) is 0 Å². The molecule has 1 aliphatic rings. The number of carboxylic acids is 1. The molecule has 0 spiro atoms. The highest BCUT2D eigenvalue weighted by Gasteiger charge is 2.50. The van der Waals surface area contributed by atoms with Crippen LogP contribution < -0.4 is 0 Å². The van der Waals surface area contributed by atoms with Crippen molar-refractivity contribution in [3.05, 3.63) is 36.5 Å². The minimum Gasteiger partial charge on any atom is -0.479 e. The van der Waals surface area contributed by atoms with E-state index in [0.29, 0.717) is 19.3 Å². The smallest absolute Gasteiger partial charge is 0.335 e. The normalized spacial score (nSPS) is 18.0. The lowest BCUT2D eigenvalue weighted by Crippen LogP contribution is -2.61. The number of unbranched alkanes of at least 4 members (excludes halogenated alkanes) is 37. The summed E-state index contributed by atoms with van der Waals surface area (Å²) in [6, 6.07) is 0. The number of aliphatic hydroxyl groups excluding tert-OH is 2. The van der Waals surface area contributed by atoms with Gasteiger partial charge in [0, 0.05) is 19.3 Å². The fraction of sp³-hybridized carbons (Fsp3) is 0.851. The lowest BCUT2D eigenvalue weighted by Gasteiger charge is -2.40. The molecule has 0 bridgehead atoms. The van der Waals surface area contributed by atoms with Gasteiger partial charge in [-0.1, -0.05) is 276 Å². The van der Waals surface area contributed by atoms with Crippen LogP contribution in [0.25, 0.3) is 0 Å². The lowest BCUT2D eigenvalue weighted by atomic mass is 9.98. The number of carbonyl (C=O) groups excluding carboxylic acids is 3. The third kappa shape index (κ3) is 45.2. The van der Waals surface area contributed by atoms with E-state index in [0.717, 1.165) is 89.9 Å². The van der Waals surface area contributed by atoms with Crippen LogP contribution in [0.4, 0.5) is 0 Å². The molecule has 1 aliphatic heterocycles. The molecule has 6 unspecified atom stereocenters. The largest absolute Gasteiger partial charge is 0.479 e. The SMILES string of the molecule is CCCCC/C=C\C/C=C\C/C=C\CCCCCCCCC(=O)OCC(COC1OC(C(=O)O)C(O)C(O)C1OC(=O)CCCCCCCCCCCCCCCCC)OC(=O)CCCCCCCCCCCCCCCCC. The zero-order valence-corrected chi connectivity index (χ0v) is 50.9. The van der Waals surface area contributed by atoms with Gasteiger partial charge >= 0.3 is 23.9 Å². The van der Waals surface area contributed by atoms with E-state index >= 15 is 0 Å². The van der Waals surface area contributed by atoms with Gasteiger partial charge in [0.05, 0.1) is 6.61 Å². The second-order valence-electron chi connectivity index (χ2n) is 22.8. The van der Waals surface area contributed by atoms with E-state index in [4.69, 9.17) is 23.7 Å². The molecule has 0 aromatic rings. The Kier molecular flexibility index (Phi) is 51.9. The molecule has 12 heteroatoms. The molecular weight excluding hydrogens is 997 g/mol. The van der Waals surface area contributed by atoms with Gasteiger partial charge in [-0.05, 0) is 57.8 Å². The first-order valence-corrected chi connectivity index (χ1v) is 33.0. The maximum absolute atomic E-state index is 13.2. The topological polar surface area (TPSA) is 175 Å². The average Bonchev–Trinajstić information content (AvgIpc) is 3.46. The number of aliphatic hydroxyl groups is 2. The summed E-state index contributed by atoms with van der Waals surface area (Å²) in [6.07, 6.45) is 53.8. The third-order valence-corrected chi connectivity index (χ3v) is 15.2. The van der Waals surface area contributed by atoms with Crippen LogP contribution in [0.3, 0.4) is 0 Å². The summed E-state index contributed by atoms with van der Waals surface area (Å²) in [5.74, 6) is -3.10. The Bertz CT molecular complexity index is 1510. The standard InChI is InChI=1S/C67H120O12/c1-4-7-10-13-16-19-22-25-28-29-30-31-34-35-38-41-44-47-50-53-59(68)75-56-58(77-60(69)54-51-48-45-42-39-36-32-26-23-20-17-14-11-8-5-2)57-76-67-65(63(72)62(71)64(79-67)66(73)74)78-61(70)55-52-49-46-43-40-37-33-27-24-21-18-15-12-9-6-3/h16,19,25,28,30-31,58,62-65,67,71-72H,4-15,17-18,20-24,26-27,29,32-57H2,1-3H3,(H,73,74)/b19-16-,28-25-,31-30-. The van der Waals surface area contributed by atoms with E-state index < -0.39 is 67.3 Å². The summed E-state index contributed by atoms with van der Waals surface area (Å²) >= 11 is 0. The zero-order valence-electron chi connectivity index (χ0n) is 50.9. The molecule has 1 fully saturated rings. The Hall–Kier alpha value is -3.06. The van der Waals surface area contributed by atoms with E-state index in [2.05, 4.69) is 57.2 Å². The van der Waals surface area contributed by atoms with Crippen LogP contribution in [0.15, 0.2) is 36.5 Å². The Morgan fingerprint density at radius 2 is 0.759 bits per heavy atom. The van der Waals surface area contributed by atoms with Gasteiger partial charge in [0.1, 0.15) is 18.8 Å². The number of ether oxygens (including phenoxy) is 5. The van der Waals surface area contributed by atoms with Crippen molar-refractivity contribution >= 4 is 23.9 Å². The van der Waals surface area contributed by atoms with Gasteiger partial charge in [0.2, 0.25) is 0 Å². The van der Waals surface area contributed by atoms with Gasteiger partial charge in [-0.3, -0.25) is 14.4 Å². The van der Waals surface area contributed by atoms with E-state index in [9.17, 15) is 34.5 Å². The summed E-state index contributed by atoms with van der Waals surface area (Å²) in [5, 5.41) is 31.6.